The van der Waals surface area contributed by atoms with E-state index in [1.807, 2.05) is 0 Å². The molecule has 0 aromatic heterocycles. The Hall–Kier alpha value is -1.43. The second-order valence-electron chi connectivity index (χ2n) is 3.85. The third-order valence-corrected chi connectivity index (χ3v) is 3.68. The van der Waals surface area contributed by atoms with Gasteiger partial charge in [-0.2, -0.15) is 8.42 Å². The van der Waals surface area contributed by atoms with Crippen LogP contribution in [0, 0.1) is 0 Å². The van der Waals surface area contributed by atoms with Gasteiger partial charge in [0.2, 0.25) is 0 Å². The fraction of sp³-hybridized carbons (Fsp3) is 0.300. The van der Waals surface area contributed by atoms with Crippen molar-refractivity contribution in [1.82, 2.24) is 0 Å². The summed E-state index contributed by atoms with van der Waals surface area (Å²) in [6.07, 6.45) is 1.06. The average Bonchev–Trinajstić information content (AvgIpc) is 2.97. The third-order valence-electron chi connectivity index (χ3n) is 2.85. The van der Waals surface area contributed by atoms with E-state index in [0.717, 1.165) is 12.1 Å². The number of carboxylic acid groups (broad SMARTS) is 1. The SMILES string of the molecule is O=C(O)C1(c2ccc(S(=O)(=O)F)cc2)CC1. The predicted octanol–water partition coefficient (Wildman–Crippen LogP) is 1.46. The molecule has 1 aromatic carbocycles. The fourth-order valence-corrected chi connectivity index (χ4v) is 2.15. The van der Waals surface area contributed by atoms with Crippen LogP contribution in [0.25, 0.3) is 0 Å². The fourth-order valence-electron chi connectivity index (χ4n) is 1.69. The quantitative estimate of drug-likeness (QED) is 0.817. The summed E-state index contributed by atoms with van der Waals surface area (Å²) in [6, 6.07) is 4.89. The van der Waals surface area contributed by atoms with Crippen molar-refractivity contribution in [2.75, 3.05) is 0 Å². The van der Waals surface area contributed by atoms with Crippen LogP contribution in [-0.4, -0.2) is 19.5 Å². The Morgan fingerprint density at radius 3 is 2.06 bits per heavy atom. The first kappa shape index (κ1) is 11.1. The predicted molar refractivity (Wildman–Crippen MR) is 53.3 cm³/mol. The zero-order chi connectivity index (χ0) is 12.0. The first-order valence-electron chi connectivity index (χ1n) is 4.65. The zero-order valence-electron chi connectivity index (χ0n) is 8.18. The first-order valence-corrected chi connectivity index (χ1v) is 6.03. The topological polar surface area (TPSA) is 71.4 Å². The van der Waals surface area contributed by atoms with Crippen molar-refractivity contribution in [3.8, 4) is 0 Å². The number of carbonyl (C=O) groups is 1. The molecule has 0 amide bonds. The van der Waals surface area contributed by atoms with Crippen LogP contribution in [0.3, 0.4) is 0 Å². The Bertz CT molecular complexity index is 528. The minimum Gasteiger partial charge on any atom is -0.481 e. The summed E-state index contributed by atoms with van der Waals surface area (Å²) in [5, 5.41) is 8.99. The Morgan fingerprint density at radius 1 is 1.25 bits per heavy atom. The molecule has 6 heteroatoms. The number of halogens is 1. The third kappa shape index (κ3) is 1.69. The van der Waals surface area contributed by atoms with Gasteiger partial charge in [-0.15, -0.1) is 3.89 Å². The van der Waals surface area contributed by atoms with E-state index >= 15 is 0 Å². The number of benzene rings is 1. The number of hydrogen-bond donors (Lipinski definition) is 1. The lowest BCUT2D eigenvalue weighted by molar-refractivity contribution is -0.140. The normalized spacial score (nSPS) is 18.1. The lowest BCUT2D eigenvalue weighted by Crippen LogP contribution is -2.19. The molecule has 1 N–H and O–H groups in total. The maximum Gasteiger partial charge on any atom is 0.332 e. The summed E-state index contributed by atoms with van der Waals surface area (Å²) in [5.41, 5.74) is -0.370. The van der Waals surface area contributed by atoms with Crippen LogP contribution in [0.2, 0.25) is 0 Å². The molecule has 0 unspecified atom stereocenters. The van der Waals surface area contributed by atoms with Gasteiger partial charge < -0.3 is 5.11 Å². The lowest BCUT2D eigenvalue weighted by Gasteiger charge is -2.09. The molecule has 1 aliphatic rings. The van der Waals surface area contributed by atoms with Crippen molar-refractivity contribution in [3.05, 3.63) is 29.8 Å². The Labute approximate surface area is 91.9 Å². The molecule has 1 aliphatic carbocycles. The molecule has 1 fully saturated rings. The smallest absolute Gasteiger partial charge is 0.332 e. The van der Waals surface area contributed by atoms with Gasteiger partial charge in [0, 0.05) is 0 Å². The van der Waals surface area contributed by atoms with Crippen molar-refractivity contribution >= 4 is 16.2 Å². The largest absolute Gasteiger partial charge is 0.481 e. The minimum atomic E-state index is -4.71. The van der Waals surface area contributed by atoms with Crippen LogP contribution >= 0.6 is 0 Å². The van der Waals surface area contributed by atoms with E-state index in [2.05, 4.69) is 0 Å². The highest BCUT2D eigenvalue weighted by Crippen LogP contribution is 2.48. The van der Waals surface area contributed by atoms with Crippen molar-refractivity contribution in [3.63, 3.8) is 0 Å². The molecule has 1 saturated carbocycles. The number of hydrogen-bond acceptors (Lipinski definition) is 3. The molecule has 0 saturated heterocycles. The van der Waals surface area contributed by atoms with Gasteiger partial charge in [0.05, 0.1) is 10.3 Å². The average molecular weight is 244 g/mol. The van der Waals surface area contributed by atoms with Crippen LogP contribution in [0.5, 0.6) is 0 Å². The second kappa shape index (κ2) is 3.28. The van der Waals surface area contributed by atoms with Gasteiger partial charge in [-0.05, 0) is 30.5 Å². The Balaban J connectivity index is 2.38. The van der Waals surface area contributed by atoms with Gasteiger partial charge in [0.25, 0.3) is 0 Å². The Morgan fingerprint density at radius 2 is 1.75 bits per heavy atom. The highest BCUT2D eigenvalue weighted by atomic mass is 32.3. The van der Waals surface area contributed by atoms with Gasteiger partial charge >= 0.3 is 16.2 Å². The summed E-state index contributed by atoms with van der Waals surface area (Å²) in [4.78, 5) is 10.5. The molecule has 86 valence electrons. The first-order chi connectivity index (χ1) is 7.36. The molecule has 0 atom stereocenters. The summed E-state index contributed by atoms with van der Waals surface area (Å²) in [5.74, 6) is -0.927. The number of rotatable bonds is 3. The van der Waals surface area contributed by atoms with E-state index < -0.39 is 26.5 Å². The van der Waals surface area contributed by atoms with Crippen molar-refractivity contribution in [1.29, 1.82) is 0 Å². The van der Waals surface area contributed by atoms with Crippen LogP contribution in [0.15, 0.2) is 29.2 Å². The standard InChI is InChI=1S/C10H9FO4S/c11-16(14,15)8-3-1-7(2-4-8)10(5-6-10)9(12)13/h1-4H,5-6H2,(H,12,13). The van der Waals surface area contributed by atoms with E-state index in [0.29, 0.717) is 18.4 Å². The molecule has 16 heavy (non-hydrogen) atoms. The summed E-state index contributed by atoms with van der Waals surface area (Å²) >= 11 is 0. The molecule has 0 bridgehead atoms. The van der Waals surface area contributed by atoms with Crippen LogP contribution in [0.1, 0.15) is 18.4 Å². The van der Waals surface area contributed by atoms with Crippen LogP contribution in [-0.2, 0) is 20.4 Å². The summed E-state index contributed by atoms with van der Waals surface area (Å²) in [6.45, 7) is 0. The van der Waals surface area contributed by atoms with Crippen molar-refractivity contribution in [2.45, 2.75) is 23.2 Å². The minimum absolute atomic E-state index is 0.447. The monoisotopic (exact) mass is 244 g/mol. The summed E-state index contributed by atoms with van der Waals surface area (Å²) in [7, 11) is -4.71. The molecular weight excluding hydrogens is 235 g/mol. The molecule has 0 radical (unpaired) electrons. The van der Waals surface area contributed by atoms with Crippen molar-refractivity contribution in [2.24, 2.45) is 0 Å². The van der Waals surface area contributed by atoms with Gasteiger partial charge in [0.15, 0.2) is 0 Å². The molecular formula is C10H9FO4S. The van der Waals surface area contributed by atoms with E-state index in [4.69, 9.17) is 5.11 Å². The van der Waals surface area contributed by atoms with Crippen molar-refractivity contribution < 1.29 is 22.2 Å². The molecule has 4 nitrogen and oxygen atoms in total. The molecule has 0 spiro atoms. The zero-order valence-corrected chi connectivity index (χ0v) is 9.00. The number of carboxylic acids is 1. The maximum atomic E-state index is 12.6. The second-order valence-corrected chi connectivity index (χ2v) is 5.20. The van der Waals surface area contributed by atoms with E-state index in [1.165, 1.54) is 12.1 Å². The molecule has 2 rings (SSSR count). The van der Waals surface area contributed by atoms with E-state index in [-0.39, 0.29) is 0 Å². The van der Waals surface area contributed by atoms with Gasteiger partial charge in [-0.1, -0.05) is 12.1 Å². The van der Waals surface area contributed by atoms with E-state index in [1.54, 1.807) is 0 Å². The van der Waals surface area contributed by atoms with E-state index in [9.17, 15) is 17.1 Å². The molecule has 1 aromatic rings. The summed E-state index contributed by atoms with van der Waals surface area (Å²) < 4.78 is 33.7. The van der Waals surface area contributed by atoms with Crippen LogP contribution in [0.4, 0.5) is 3.89 Å². The lowest BCUT2D eigenvalue weighted by atomic mass is 9.96. The highest BCUT2D eigenvalue weighted by molar-refractivity contribution is 7.86. The highest BCUT2D eigenvalue weighted by Gasteiger charge is 2.51. The Kier molecular flexibility index (Phi) is 2.27. The number of aliphatic carboxylic acids is 1. The van der Waals surface area contributed by atoms with Crippen LogP contribution < -0.4 is 0 Å². The van der Waals surface area contributed by atoms with Gasteiger partial charge in [0.1, 0.15) is 0 Å². The van der Waals surface area contributed by atoms with Gasteiger partial charge in [-0.3, -0.25) is 4.79 Å². The molecule has 0 heterocycles. The molecule has 0 aliphatic heterocycles. The van der Waals surface area contributed by atoms with Gasteiger partial charge in [-0.25, -0.2) is 0 Å². The maximum absolute atomic E-state index is 12.6.